The molecule has 1 N–H and O–H groups in total. The number of cyclic esters (lactones) is 1. The van der Waals surface area contributed by atoms with Crippen molar-refractivity contribution >= 4 is 5.97 Å². The fourth-order valence-corrected chi connectivity index (χ4v) is 2.16. The zero-order valence-corrected chi connectivity index (χ0v) is 10.6. The van der Waals surface area contributed by atoms with Gasteiger partial charge in [-0.1, -0.05) is 30.3 Å². The van der Waals surface area contributed by atoms with E-state index in [1.54, 1.807) is 13.8 Å². The lowest BCUT2D eigenvalue weighted by atomic mass is 10.0. The molecule has 5 nitrogen and oxygen atoms in total. The normalized spacial score (nSPS) is 16.0. The Balaban J connectivity index is 2.26. The van der Waals surface area contributed by atoms with Crippen molar-refractivity contribution in [3.8, 4) is 11.4 Å². The second-order valence-corrected chi connectivity index (χ2v) is 4.90. The third-order valence-electron chi connectivity index (χ3n) is 3.09. The van der Waals surface area contributed by atoms with Crippen LogP contribution in [0, 0.1) is 0 Å². The van der Waals surface area contributed by atoms with E-state index in [-0.39, 0.29) is 5.56 Å². The number of aromatic amines is 1. The van der Waals surface area contributed by atoms with E-state index in [9.17, 15) is 9.59 Å². The summed E-state index contributed by atoms with van der Waals surface area (Å²) in [6, 6.07) is 9.28. The lowest BCUT2D eigenvalue weighted by molar-refractivity contribution is 0.00830. The number of carbonyl (C=O) groups excluding carboxylic acids is 1. The third kappa shape index (κ3) is 1.74. The first-order chi connectivity index (χ1) is 8.99. The van der Waals surface area contributed by atoms with Gasteiger partial charge in [-0.05, 0) is 13.8 Å². The standard InChI is InChI=1S/C14H12N2O3/c1-14(2)10-9(13(18)19-14)12(17)16-11(15-10)8-6-4-3-5-7-8/h3-7H,1-2H3,(H,15,16,17). The van der Waals surface area contributed by atoms with Gasteiger partial charge in [-0.2, -0.15) is 0 Å². The van der Waals surface area contributed by atoms with Crippen LogP contribution >= 0.6 is 0 Å². The van der Waals surface area contributed by atoms with Gasteiger partial charge in [0, 0.05) is 5.56 Å². The molecule has 0 bridgehead atoms. The van der Waals surface area contributed by atoms with E-state index in [0.717, 1.165) is 5.56 Å². The van der Waals surface area contributed by atoms with Crippen LogP contribution in [0.5, 0.6) is 0 Å². The molecule has 96 valence electrons. The summed E-state index contributed by atoms with van der Waals surface area (Å²) in [7, 11) is 0. The average Bonchev–Trinajstić information content (AvgIpc) is 2.61. The molecule has 0 spiro atoms. The summed E-state index contributed by atoms with van der Waals surface area (Å²) in [5.74, 6) is -0.177. The largest absolute Gasteiger partial charge is 0.449 e. The van der Waals surface area contributed by atoms with Crippen LogP contribution in [0.3, 0.4) is 0 Å². The first-order valence-corrected chi connectivity index (χ1v) is 5.92. The predicted molar refractivity (Wildman–Crippen MR) is 68.7 cm³/mol. The monoisotopic (exact) mass is 256 g/mol. The Morgan fingerprint density at radius 1 is 1.16 bits per heavy atom. The summed E-state index contributed by atoms with van der Waals surface area (Å²) in [5, 5.41) is 0. The average molecular weight is 256 g/mol. The maximum atomic E-state index is 12.0. The molecule has 1 aromatic carbocycles. The summed E-state index contributed by atoms with van der Waals surface area (Å²) in [5.41, 5.74) is -0.147. The Labute approximate surface area is 109 Å². The molecule has 0 radical (unpaired) electrons. The zero-order chi connectivity index (χ0) is 13.6. The van der Waals surface area contributed by atoms with Crippen LogP contribution in [-0.4, -0.2) is 15.9 Å². The summed E-state index contributed by atoms with van der Waals surface area (Å²) in [6.45, 7) is 3.44. The molecule has 0 aliphatic carbocycles. The van der Waals surface area contributed by atoms with Gasteiger partial charge in [0.05, 0.1) is 0 Å². The van der Waals surface area contributed by atoms with Crippen molar-refractivity contribution in [3.63, 3.8) is 0 Å². The molecule has 2 heterocycles. The van der Waals surface area contributed by atoms with Crippen LogP contribution in [0.25, 0.3) is 11.4 Å². The first kappa shape index (κ1) is 11.6. The first-order valence-electron chi connectivity index (χ1n) is 5.92. The smallest absolute Gasteiger partial charge is 0.346 e. The van der Waals surface area contributed by atoms with E-state index in [1.165, 1.54) is 0 Å². The molecule has 1 aliphatic rings. The van der Waals surface area contributed by atoms with E-state index < -0.39 is 17.1 Å². The van der Waals surface area contributed by atoms with Gasteiger partial charge in [-0.3, -0.25) is 4.79 Å². The number of rotatable bonds is 1. The number of hydrogen-bond donors (Lipinski definition) is 1. The third-order valence-corrected chi connectivity index (χ3v) is 3.09. The van der Waals surface area contributed by atoms with E-state index in [1.807, 2.05) is 30.3 Å². The van der Waals surface area contributed by atoms with Crippen LogP contribution in [0.4, 0.5) is 0 Å². The van der Waals surface area contributed by atoms with Gasteiger partial charge in [0.2, 0.25) is 0 Å². The van der Waals surface area contributed by atoms with Crippen LogP contribution in [-0.2, 0) is 10.3 Å². The molecule has 0 atom stereocenters. The fourth-order valence-electron chi connectivity index (χ4n) is 2.16. The van der Waals surface area contributed by atoms with Gasteiger partial charge < -0.3 is 9.72 Å². The van der Waals surface area contributed by atoms with Crippen molar-refractivity contribution in [1.29, 1.82) is 0 Å². The maximum Gasteiger partial charge on any atom is 0.346 e. The number of fused-ring (bicyclic) bond motifs is 1. The molecule has 2 aromatic rings. The van der Waals surface area contributed by atoms with Crippen molar-refractivity contribution in [1.82, 2.24) is 9.97 Å². The molecule has 1 aliphatic heterocycles. The molecule has 1 aromatic heterocycles. The minimum absolute atomic E-state index is 0.00433. The minimum Gasteiger partial charge on any atom is -0.449 e. The van der Waals surface area contributed by atoms with E-state index in [2.05, 4.69) is 9.97 Å². The summed E-state index contributed by atoms with van der Waals surface area (Å²) in [4.78, 5) is 30.7. The van der Waals surface area contributed by atoms with Crippen molar-refractivity contribution in [2.75, 3.05) is 0 Å². The molecule has 0 saturated carbocycles. The maximum absolute atomic E-state index is 12.0. The lowest BCUT2D eigenvalue weighted by Gasteiger charge is -2.16. The van der Waals surface area contributed by atoms with Crippen LogP contribution < -0.4 is 5.56 Å². The second-order valence-electron chi connectivity index (χ2n) is 4.90. The van der Waals surface area contributed by atoms with Crippen molar-refractivity contribution < 1.29 is 9.53 Å². The van der Waals surface area contributed by atoms with Crippen molar-refractivity contribution in [3.05, 3.63) is 51.9 Å². The summed E-state index contributed by atoms with van der Waals surface area (Å²) in [6.07, 6.45) is 0. The molecule has 0 fully saturated rings. The van der Waals surface area contributed by atoms with Crippen molar-refractivity contribution in [2.45, 2.75) is 19.4 Å². The highest BCUT2D eigenvalue weighted by Gasteiger charge is 2.42. The molecule has 0 saturated heterocycles. The lowest BCUT2D eigenvalue weighted by Crippen LogP contribution is -2.21. The number of ether oxygens (including phenoxy) is 1. The molecular weight excluding hydrogens is 244 g/mol. The Morgan fingerprint density at radius 3 is 2.53 bits per heavy atom. The van der Waals surface area contributed by atoms with E-state index in [4.69, 9.17) is 4.74 Å². The number of H-pyrrole nitrogens is 1. The molecule has 5 heteroatoms. The quantitative estimate of drug-likeness (QED) is 0.790. The van der Waals surface area contributed by atoms with E-state index in [0.29, 0.717) is 11.5 Å². The number of aromatic nitrogens is 2. The zero-order valence-electron chi connectivity index (χ0n) is 10.6. The Bertz CT molecular complexity index is 717. The SMILES string of the molecule is CC1(C)OC(=O)c2c1nc(-c1ccccc1)[nH]c2=O. The second kappa shape index (κ2) is 3.78. The van der Waals surface area contributed by atoms with Gasteiger partial charge in [-0.25, -0.2) is 9.78 Å². The van der Waals surface area contributed by atoms with Crippen LogP contribution in [0.1, 0.15) is 29.9 Å². The number of benzene rings is 1. The Kier molecular flexibility index (Phi) is 2.32. The Hall–Kier alpha value is -2.43. The van der Waals surface area contributed by atoms with Gasteiger partial charge >= 0.3 is 5.97 Å². The van der Waals surface area contributed by atoms with E-state index >= 15 is 0 Å². The van der Waals surface area contributed by atoms with Gasteiger partial charge in [0.1, 0.15) is 17.1 Å². The topological polar surface area (TPSA) is 72.0 Å². The summed E-state index contributed by atoms with van der Waals surface area (Å²) >= 11 is 0. The van der Waals surface area contributed by atoms with Gasteiger partial charge in [0.15, 0.2) is 5.56 Å². The molecule has 19 heavy (non-hydrogen) atoms. The highest BCUT2D eigenvalue weighted by molar-refractivity contribution is 5.93. The van der Waals surface area contributed by atoms with Gasteiger partial charge in [0.25, 0.3) is 5.56 Å². The van der Waals surface area contributed by atoms with Crippen LogP contribution in [0.15, 0.2) is 35.1 Å². The number of hydrogen-bond acceptors (Lipinski definition) is 4. The fraction of sp³-hybridized carbons (Fsp3) is 0.214. The van der Waals surface area contributed by atoms with Crippen LogP contribution in [0.2, 0.25) is 0 Å². The number of carbonyl (C=O) groups is 1. The summed E-state index contributed by atoms with van der Waals surface area (Å²) < 4.78 is 5.17. The number of nitrogens with one attached hydrogen (secondary N) is 1. The predicted octanol–water partition coefficient (Wildman–Crippen LogP) is 1.84. The Morgan fingerprint density at radius 2 is 1.84 bits per heavy atom. The molecule has 0 unspecified atom stereocenters. The van der Waals surface area contributed by atoms with Crippen molar-refractivity contribution in [2.24, 2.45) is 0 Å². The minimum atomic E-state index is -0.871. The highest BCUT2D eigenvalue weighted by Crippen LogP contribution is 2.33. The number of nitrogens with zero attached hydrogens (tertiary/aromatic N) is 1. The molecular formula is C14H12N2O3. The molecule has 0 amide bonds. The number of esters is 1. The highest BCUT2D eigenvalue weighted by atomic mass is 16.6. The van der Waals surface area contributed by atoms with Gasteiger partial charge in [-0.15, -0.1) is 0 Å². The molecule has 3 rings (SSSR count).